The number of hydrogen-bond donors (Lipinski definition) is 0. The van der Waals surface area contributed by atoms with Crippen molar-refractivity contribution in [2.75, 3.05) is 114 Å². The number of rotatable bonds is 20. The maximum atomic E-state index is 6.39. The SMILES string of the molecule is CCN(CC)CCCOc1cc2nc(Cl)c3c(c2cc1OC)CCC3.COc1cc2c3c(c(Cl)nc2cc1OCCCN(C)C)CCC3.COc1cc2c3c(c(Cl)nc2cc1OCCCN1CCOCC1)CCC3. The van der Waals surface area contributed by atoms with Gasteiger partial charge in [0, 0.05) is 67.1 Å². The van der Waals surface area contributed by atoms with Gasteiger partial charge in [-0.15, -0.1) is 0 Å². The highest BCUT2D eigenvalue weighted by molar-refractivity contribution is 6.31. The number of hydrogen-bond acceptors (Lipinski definition) is 13. The van der Waals surface area contributed by atoms with Gasteiger partial charge >= 0.3 is 0 Å². The van der Waals surface area contributed by atoms with E-state index in [1.165, 1.54) is 33.4 Å². The number of halogens is 3. The lowest BCUT2D eigenvalue weighted by Gasteiger charge is -2.26. The van der Waals surface area contributed by atoms with E-state index < -0.39 is 0 Å². The van der Waals surface area contributed by atoms with Gasteiger partial charge in [0.25, 0.3) is 0 Å². The van der Waals surface area contributed by atoms with Crippen LogP contribution in [0, 0.1) is 0 Å². The van der Waals surface area contributed by atoms with Crippen LogP contribution in [0.15, 0.2) is 36.4 Å². The topological polar surface area (TPSA) is 113 Å². The zero-order valence-corrected chi connectivity index (χ0v) is 46.9. The summed E-state index contributed by atoms with van der Waals surface area (Å²) in [6.07, 6.45) is 12.6. The van der Waals surface area contributed by atoms with E-state index in [0.29, 0.717) is 35.3 Å². The summed E-state index contributed by atoms with van der Waals surface area (Å²) in [4.78, 5) is 20.7. The van der Waals surface area contributed by atoms with Crippen molar-refractivity contribution in [3.8, 4) is 34.5 Å². The molecule has 0 amide bonds. The Balaban J connectivity index is 0.000000148. The van der Waals surface area contributed by atoms with E-state index in [1.54, 1.807) is 21.3 Å². The summed E-state index contributed by atoms with van der Waals surface area (Å²) in [6, 6.07) is 12.0. The number of aromatic nitrogens is 3. The average Bonchev–Trinajstić information content (AvgIpc) is 4.24. The predicted octanol–water partition coefficient (Wildman–Crippen LogP) is 11.7. The van der Waals surface area contributed by atoms with Crippen molar-refractivity contribution in [1.29, 1.82) is 0 Å². The Morgan fingerprint density at radius 1 is 0.500 bits per heavy atom. The van der Waals surface area contributed by atoms with Gasteiger partial charge in [0.05, 0.1) is 70.9 Å². The molecule has 16 heteroatoms. The molecule has 3 aliphatic carbocycles. The van der Waals surface area contributed by atoms with Crippen molar-refractivity contribution in [1.82, 2.24) is 29.7 Å². The quantitative estimate of drug-likeness (QED) is 0.0534. The van der Waals surface area contributed by atoms with Crippen LogP contribution in [0.4, 0.5) is 0 Å². The molecule has 3 aromatic carbocycles. The van der Waals surface area contributed by atoms with Crippen LogP contribution in [-0.4, -0.2) is 144 Å². The van der Waals surface area contributed by atoms with Crippen LogP contribution >= 0.6 is 34.8 Å². The molecule has 0 spiro atoms. The van der Waals surface area contributed by atoms with Crippen molar-refractivity contribution in [2.24, 2.45) is 0 Å². The van der Waals surface area contributed by atoms with E-state index >= 15 is 0 Å². The fourth-order valence-electron chi connectivity index (χ4n) is 10.7. The minimum Gasteiger partial charge on any atom is -0.493 e. The van der Waals surface area contributed by atoms with Gasteiger partial charge in [-0.1, -0.05) is 48.7 Å². The van der Waals surface area contributed by atoms with Gasteiger partial charge in [-0.05, 0) is 156 Å². The number of ether oxygens (including phenoxy) is 7. The molecule has 1 fully saturated rings. The van der Waals surface area contributed by atoms with Crippen molar-refractivity contribution >= 4 is 67.5 Å². The molecule has 0 atom stereocenters. The van der Waals surface area contributed by atoms with E-state index in [1.807, 2.05) is 24.3 Å². The first kappa shape index (κ1) is 55.6. The molecule has 4 aliphatic rings. The lowest BCUT2D eigenvalue weighted by molar-refractivity contribution is 0.0357. The van der Waals surface area contributed by atoms with Crippen molar-refractivity contribution in [3.05, 3.63) is 85.2 Å². The molecule has 10 rings (SSSR count). The highest BCUT2D eigenvalue weighted by Gasteiger charge is 2.24. The minimum absolute atomic E-state index is 0.633. The lowest BCUT2D eigenvalue weighted by atomic mass is 10.1. The molecule has 400 valence electrons. The van der Waals surface area contributed by atoms with Gasteiger partial charge < -0.3 is 43.0 Å². The Bertz CT molecular complexity index is 2860. The number of aryl methyl sites for hydroxylation is 3. The zero-order chi connectivity index (χ0) is 52.1. The molecule has 6 aromatic rings. The van der Waals surface area contributed by atoms with E-state index in [4.69, 9.17) is 68.0 Å². The molecule has 74 heavy (non-hydrogen) atoms. The number of benzene rings is 3. The van der Waals surface area contributed by atoms with Crippen LogP contribution in [0.5, 0.6) is 34.5 Å². The standard InChI is InChI=1S/C20H25ClN2O3.C20H27ClN2O2.C18H23ClN2O2/c1-24-18-12-16-14-4-2-5-15(14)20(21)22-17(16)13-19(18)26-9-3-6-23-7-10-25-11-8-23;1-4-23(5-2)10-7-11-25-19-13-17-16(12-18(19)24-3)14-8-6-9-15(14)20(21)22-17;1-21(2)8-5-9-23-17-11-15-14(10-16(17)22-3)12-6-4-7-13(12)18(19)20-15/h12-13H,2-11H2,1H3;12-13H,4-11H2,1-3H3;10-11H,4-9H2,1-3H3. The fourth-order valence-corrected chi connectivity index (χ4v) is 11.6. The van der Waals surface area contributed by atoms with Crippen molar-refractivity contribution in [3.63, 3.8) is 0 Å². The molecule has 1 aliphatic heterocycles. The molecule has 4 heterocycles. The molecule has 0 bridgehead atoms. The second-order valence-corrected chi connectivity index (χ2v) is 20.7. The largest absolute Gasteiger partial charge is 0.493 e. The van der Waals surface area contributed by atoms with Gasteiger partial charge in [-0.25, -0.2) is 15.0 Å². The van der Waals surface area contributed by atoms with Crippen LogP contribution in [0.25, 0.3) is 32.7 Å². The van der Waals surface area contributed by atoms with Gasteiger partial charge in [-0.3, -0.25) is 4.90 Å². The Morgan fingerprint density at radius 2 is 0.865 bits per heavy atom. The minimum atomic E-state index is 0.633. The Morgan fingerprint density at radius 3 is 1.23 bits per heavy atom. The van der Waals surface area contributed by atoms with Gasteiger partial charge in [-0.2, -0.15) is 0 Å². The number of morpholine rings is 1. The van der Waals surface area contributed by atoms with Gasteiger partial charge in [0.15, 0.2) is 34.5 Å². The molecule has 0 radical (unpaired) electrons. The summed E-state index contributed by atoms with van der Waals surface area (Å²) in [5.74, 6) is 4.52. The summed E-state index contributed by atoms with van der Waals surface area (Å²) in [7, 11) is 9.17. The monoisotopic (exact) mass is 1070 g/mol. The first-order valence-electron chi connectivity index (χ1n) is 26.7. The maximum Gasteiger partial charge on any atom is 0.163 e. The summed E-state index contributed by atoms with van der Waals surface area (Å²) >= 11 is 19.1. The van der Waals surface area contributed by atoms with Crippen LogP contribution in [0.1, 0.15) is 85.8 Å². The lowest BCUT2D eigenvalue weighted by Crippen LogP contribution is -2.37. The molecule has 0 N–H and O–H groups in total. The number of pyridine rings is 3. The van der Waals surface area contributed by atoms with E-state index in [0.717, 1.165) is 203 Å². The van der Waals surface area contributed by atoms with Gasteiger partial charge in [0.2, 0.25) is 0 Å². The van der Waals surface area contributed by atoms with Crippen LogP contribution < -0.4 is 28.4 Å². The summed E-state index contributed by atoms with van der Waals surface area (Å²) in [5, 5.41) is 5.32. The third kappa shape index (κ3) is 13.5. The van der Waals surface area contributed by atoms with E-state index in [9.17, 15) is 0 Å². The first-order valence-corrected chi connectivity index (χ1v) is 27.8. The molecular formula is C58H75Cl3N6O7. The summed E-state index contributed by atoms with van der Waals surface area (Å²) < 4.78 is 40.0. The van der Waals surface area contributed by atoms with E-state index in [2.05, 4.69) is 69.7 Å². The number of methoxy groups -OCH3 is 3. The number of fused-ring (bicyclic) bond motifs is 9. The molecular weight excluding hydrogens is 999 g/mol. The molecule has 0 unspecified atom stereocenters. The van der Waals surface area contributed by atoms with Crippen LogP contribution in [0.3, 0.4) is 0 Å². The first-order chi connectivity index (χ1) is 36.0. The molecule has 13 nitrogen and oxygen atoms in total. The third-order valence-electron chi connectivity index (χ3n) is 14.6. The summed E-state index contributed by atoms with van der Waals surface area (Å²) in [6.45, 7) is 15.2. The molecule has 3 aromatic heterocycles. The maximum absolute atomic E-state index is 6.39. The number of nitrogens with zero attached hydrogens (tertiary/aromatic N) is 6. The van der Waals surface area contributed by atoms with Crippen LogP contribution in [-0.2, 0) is 43.3 Å². The molecule has 1 saturated heterocycles. The Hall–Kier alpha value is -4.60. The van der Waals surface area contributed by atoms with Crippen molar-refractivity contribution < 1.29 is 33.2 Å². The molecule has 0 saturated carbocycles. The Labute approximate surface area is 453 Å². The van der Waals surface area contributed by atoms with Crippen molar-refractivity contribution in [2.45, 2.75) is 90.9 Å². The smallest absolute Gasteiger partial charge is 0.163 e. The second-order valence-electron chi connectivity index (χ2n) is 19.6. The van der Waals surface area contributed by atoms with Gasteiger partial charge in [0.1, 0.15) is 15.5 Å². The third-order valence-corrected chi connectivity index (χ3v) is 15.6. The fraction of sp³-hybridized carbons (Fsp3) is 0.534. The zero-order valence-electron chi connectivity index (χ0n) is 44.6. The normalized spacial score (nSPS) is 14.9. The summed E-state index contributed by atoms with van der Waals surface area (Å²) in [5.41, 5.74) is 10.2. The highest BCUT2D eigenvalue weighted by Crippen LogP contribution is 2.42. The van der Waals surface area contributed by atoms with E-state index in [-0.39, 0.29) is 0 Å². The Kier molecular flexibility index (Phi) is 20.2. The second kappa shape index (κ2) is 26.9. The van der Waals surface area contributed by atoms with Crippen LogP contribution in [0.2, 0.25) is 15.5 Å². The highest BCUT2D eigenvalue weighted by atomic mass is 35.5. The average molecular weight is 1070 g/mol. The predicted molar refractivity (Wildman–Crippen MR) is 300 cm³/mol.